The lowest BCUT2D eigenvalue weighted by Crippen LogP contribution is -2.38. The second-order valence-corrected chi connectivity index (χ2v) is 8.70. The van der Waals surface area contributed by atoms with Gasteiger partial charge in [0, 0.05) is 19.3 Å². The highest BCUT2D eigenvalue weighted by molar-refractivity contribution is 5.77. The Kier molecular flexibility index (Phi) is 9.73. The number of unbranched alkanes of at least 4 members (excludes halogenated alkanes) is 1. The molecule has 1 unspecified atom stereocenters. The zero-order chi connectivity index (χ0) is 21.1. The van der Waals surface area contributed by atoms with Crippen molar-refractivity contribution in [3.8, 4) is 11.8 Å². The van der Waals surface area contributed by atoms with Crippen molar-refractivity contribution in [3.63, 3.8) is 0 Å². The first kappa shape index (κ1) is 23.5. The number of likely N-dealkylation sites (tertiary alicyclic amines) is 1. The first-order valence-corrected chi connectivity index (χ1v) is 11.3. The van der Waals surface area contributed by atoms with Crippen LogP contribution in [0, 0.1) is 17.3 Å². The van der Waals surface area contributed by atoms with Crippen LogP contribution in [0.1, 0.15) is 90.4 Å². The maximum absolute atomic E-state index is 12.5. The van der Waals surface area contributed by atoms with Crippen molar-refractivity contribution in [2.45, 2.75) is 103 Å². The van der Waals surface area contributed by atoms with E-state index in [1.54, 1.807) is 0 Å². The number of nitrogens with zero attached hydrogens (tertiary/aromatic N) is 1. The van der Waals surface area contributed by atoms with Gasteiger partial charge in [-0.2, -0.15) is 0 Å². The van der Waals surface area contributed by atoms with Crippen LogP contribution in [-0.4, -0.2) is 45.7 Å². The molecule has 2 N–H and O–H groups in total. The van der Waals surface area contributed by atoms with E-state index in [2.05, 4.69) is 18.8 Å². The zero-order valence-electron chi connectivity index (χ0n) is 17.9. The molecule has 1 saturated carbocycles. The minimum absolute atomic E-state index is 0.0171. The summed E-state index contributed by atoms with van der Waals surface area (Å²) in [6.45, 7) is 2.58. The predicted molar refractivity (Wildman–Crippen MR) is 114 cm³/mol. The monoisotopic (exact) mass is 403 g/mol. The molecule has 0 bridgehead atoms. The number of rotatable bonds is 10. The lowest BCUT2D eigenvalue weighted by Gasteiger charge is -2.43. The number of hydrogen-bond donors (Lipinski definition) is 2. The molecule has 0 aromatic carbocycles. The lowest BCUT2D eigenvalue weighted by atomic mass is 9.63. The maximum atomic E-state index is 12.5. The average Bonchev–Trinajstić information content (AvgIpc) is 2.82. The van der Waals surface area contributed by atoms with Gasteiger partial charge in [-0.3, -0.25) is 9.59 Å². The van der Waals surface area contributed by atoms with Crippen molar-refractivity contribution >= 4 is 11.9 Å². The Bertz CT molecular complexity index is 627. The van der Waals surface area contributed by atoms with Gasteiger partial charge in [0.15, 0.2) is 0 Å². The highest BCUT2D eigenvalue weighted by atomic mass is 16.4. The van der Waals surface area contributed by atoms with Crippen LogP contribution in [0.3, 0.4) is 0 Å². The summed E-state index contributed by atoms with van der Waals surface area (Å²) in [5, 5.41) is 19.3. The van der Waals surface area contributed by atoms with Crippen molar-refractivity contribution in [1.82, 2.24) is 4.90 Å². The molecule has 162 valence electrons. The second kappa shape index (κ2) is 12.0. The van der Waals surface area contributed by atoms with Gasteiger partial charge in [-0.1, -0.05) is 44.3 Å². The molecular formula is C24H37NO4. The normalized spacial score (nSPS) is 22.5. The molecule has 0 aromatic heterocycles. The Morgan fingerprint density at radius 3 is 2.76 bits per heavy atom. The molecule has 1 saturated heterocycles. The second-order valence-electron chi connectivity index (χ2n) is 8.70. The molecule has 2 rings (SSSR count). The average molecular weight is 404 g/mol. The van der Waals surface area contributed by atoms with Crippen LogP contribution in [0.4, 0.5) is 0 Å². The number of aliphatic hydroxyl groups is 1. The van der Waals surface area contributed by atoms with Crippen molar-refractivity contribution in [1.29, 1.82) is 0 Å². The van der Waals surface area contributed by atoms with Crippen LogP contribution in [-0.2, 0) is 9.59 Å². The molecule has 1 aliphatic heterocycles. The minimum Gasteiger partial charge on any atom is -0.481 e. The molecule has 0 spiro atoms. The Labute approximate surface area is 175 Å². The molecule has 1 aliphatic carbocycles. The summed E-state index contributed by atoms with van der Waals surface area (Å²) in [7, 11) is 0. The molecule has 5 heteroatoms. The SMILES string of the molecule is CCCC1(CC(O)/C=C/[C@H]2CCCCC(=O)N2CC#CCCCC(=O)O)CCC1. The van der Waals surface area contributed by atoms with Gasteiger partial charge < -0.3 is 15.1 Å². The number of aliphatic carboxylic acids is 1. The molecule has 0 radical (unpaired) electrons. The van der Waals surface area contributed by atoms with Crippen molar-refractivity contribution in [2.75, 3.05) is 6.54 Å². The number of carboxylic acids is 1. The molecule has 5 nitrogen and oxygen atoms in total. The summed E-state index contributed by atoms with van der Waals surface area (Å²) in [6, 6.07) is -0.0171. The summed E-state index contributed by atoms with van der Waals surface area (Å²) < 4.78 is 0. The van der Waals surface area contributed by atoms with Crippen LogP contribution < -0.4 is 0 Å². The lowest BCUT2D eigenvalue weighted by molar-refractivity contribution is -0.137. The van der Waals surface area contributed by atoms with Gasteiger partial charge in [0.25, 0.3) is 0 Å². The summed E-state index contributed by atoms with van der Waals surface area (Å²) in [4.78, 5) is 24.9. The van der Waals surface area contributed by atoms with E-state index in [1.165, 1.54) is 25.7 Å². The third-order valence-corrected chi connectivity index (χ3v) is 6.32. The van der Waals surface area contributed by atoms with E-state index in [9.17, 15) is 14.7 Å². The van der Waals surface area contributed by atoms with Crippen molar-refractivity contribution in [3.05, 3.63) is 12.2 Å². The fraction of sp³-hybridized carbons (Fsp3) is 0.750. The predicted octanol–water partition coefficient (Wildman–Crippen LogP) is 4.29. The zero-order valence-corrected chi connectivity index (χ0v) is 17.9. The summed E-state index contributed by atoms with van der Waals surface area (Å²) in [5.74, 6) is 5.35. The third kappa shape index (κ3) is 7.85. The Balaban J connectivity index is 1.92. The van der Waals surface area contributed by atoms with E-state index < -0.39 is 12.1 Å². The van der Waals surface area contributed by atoms with Gasteiger partial charge >= 0.3 is 5.97 Å². The van der Waals surface area contributed by atoms with Crippen molar-refractivity contribution < 1.29 is 19.8 Å². The van der Waals surface area contributed by atoms with Gasteiger partial charge in [-0.05, 0) is 50.4 Å². The van der Waals surface area contributed by atoms with Crippen LogP contribution in [0.25, 0.3) is 0 Å². The molecular weight excluding hydrogens is 366 g/mol. The topological polar surface area (TPSA) is 77.8 Å². The molecule has 1 heterocycles. The molecule has 2 atom stereocenters. The van der Waals surface area contributed by atoms with Gasteiger partial charge in [-0.15, -0.1) is 5.92 Å². The highest BCUT2D eigenvalue weighted by Crippen LogP contribution is 2.48. The van der Waals surface area contributed by atoms with Gasteiger partial charge in [0.1, 0.15) is 0 Å². The number of amides is 1. The minimum atomic E-state index is -0.805. The standard InChI is InChI=1S/C24H37NO4/c1-2-15-24(16-9-17-24)19-21(26)14-13-20-10-6-7-11-22(27)25(20)18-8-4-3-5-12-23(28)29/h13-14,20-21,26H,2-3,5-7,9-12,15-19H2,1H3,(H,28,29)/b14-13+/t20-,21?/m1/s1. The molecule has 0 aromatic rings. The first-order chi connectivity index (χ1) is 14.0. The van der Waals surface area contributed by atoms with E-state index in [4.69, 9.17) is 5.11 Å². The first-order valence-electron chi connectivity index (χ1n) is 11.3. The van der Waals surface area contributed by atoms with Crippen LogP contribution in [0.5, 0.6) is 0 Å². The van der Waals surface area contributed by atoms with E-state index in [0.29, 0.717) is 31.2 Å². The highest BCUT2D eigenvalue weighted by Gasteiger charge is 2.37. The summed E-state index contributed by atoms with van der Waals surface area (Å²) in [6.07, 6.45) is 14.9. The van der Waals surface area contributed by atoms with Crippen LogP contribution in [0.2, 0.25) is 0 Å². The fourth-order valence-electron chi connectivity index (χ4n) is 4.61. The molecule has 1 amide bonds. The Hall–Kier alpha value is -1.80. The Morgan fingerprint density at radius 1 is 1.31 bits per heavy atom. The largest absolute Gasteiger partial charge is 0.481 e. The van der Waals surface area contributed by atoms with E-state index >= 15 is 0 Å². The summed E-state index contributed by atoms with van der Waals surface area (Å²) >= 11 is 0. The molecule has 29 heavy (non-hydrogen) atoms. The number of carbonyl (C=O) groups is 2. The fourth-order valence-corrected chi connectivity index (χ4v) is 4.61. The molecule has 2 fully saturated rings. The quantitative estimate of drug-likeness (QED) is 0.324. The number of aliphatic hydroxyl groups excluding tert-OH is 1. The smallest absolute Gasteiger partial charge is 0.303 e. The number of carboxylic acid groups (broad SMARTS) is 1. The van der Waals surface area contributed by atoms with Crippen LogP contribution >= 0.6 is 0 Å². The maximum Gasteiger partial charge on any atom is 0.303 e. The van der Waals surface area contributed by atoms with Crippen LogP contribution in [0.15, 0.2) is 12.2 Å². The summed E-state index contributed by atoms with van der Waals surface area (Å²) in [5.41, 5.74) is 0.318. The van der Waals surface area contributed by atoms with Gasteiger partial charge in [0.2, 0.25) is 5.91 Å². The van der Waals surface area contributed by atoms with E-state index in [-0.39, 0.29) is 18.4 Å². The van der Waals surface area contributed by atoms with Gasteiger partial charge in [-0.25, -0.2) is 0 Å². The van der Waals surface area contributed by atoms with E-state index in [0.717, 1.165) is 32.1 Å². The third-order valence-electron chi connectivity index (χ3n) is 6.32. The number of hydrogen-bond acceptors (Lipinski definition) is 3. The Morgan fingerprint density at radius 2 is 2.10 bits per heavy atom. The van der Waals surface area contributed by atoms with E-state index in [1.807, 2.05) is 17.1 Å². The molecule has 2 aliphatic rings. The van der Waals surface area contributed by atoms with Gasteiger partial charge in [0.05, 0.1) is 18.7 Å². The number of carbonyl (C=O) groups excluding carboxylic acids is 1. The van der Waals surface area contributed by atoms with Crippen molar-refractivity contribution in [2.24, 2.45) is 5.41 Å².